The van der Waals surface area contributed by atoms with Crippen LogP contribution in [0.4, 0.5) is 5.69 Å². The molecule has 1 aliphatic rings. The fourth-order valence-corrected chi connectivity index (χ4v) is 3.08. The molecular formula is C17H22N4O3. The van der Waals surface area contributed by atoms with Crippen LogP contribution in [0.3, 0.4) is 0 Å². The first-order valence-corrected chi connectivity index (χ1v) is 8.07. The summed E-state index contributed by atoms with van der Waals surface area (Å²) in [6.07, 6.45) is 0.0265. The van der Waals surface area contributed by atoms with Crippen molar-refractivity contribution in [2.75, 3.05) is 31.6 Å². The van der Waals surface area contributed by atoms with Crippen molar-refractivity contribution in [1.29, 1.82) is 0 Å². The Morgan fingerprint density at radius 3 is 2.83 bits per heavy atom. The van der Waals surface area contributed by atoms with Gasteiger partial charge in [0, 0.05) is 31.4 Å². The number of aromatic amines is 2. The molecule has 3 rings (SSSR count). The predicted octanol–water partition coefficient (Wildman–Crippen LogP) is 0.782. The van der Waals surface area contributed by atoms with E-state index in [1.54, 1.807) is 0 Å². The fourth-order valence-electron chi connectivity index (χ4n) is 3.08. The van der Waals surface area contributed by atoms with E-state index in [1.165, 1.54) is 6.07 Å². The molecule has 0 saturated heterocycles. The van der Waals surface area contributed by atoms with Crippen molar-refractivity contribution in [3.8, 4) is 5.75 Å². The number of nitrogens with zero attached hydrogens (tertiary/aromatic N) is 2. The zero-order valence-electron chi connectivity index (χ0n) is 13.9. The molecule has 1 unspecified atom stereocenters. The van der Waals surface area contributed by atoms with Gasteiger partial charge in [0.2, 0.25) is 0 Å². The summed E-state index contributed by atoms with van der Waals surface area (Å²) in [5.41, 5.74) is 0.848. The molecule has 1 aromatic carbocycles. The Hall–Kier alpha value is -2.54. The first-order valence-electron chi connectivity index (χ1n) is 8.07. The van der Waals surface area contributed by atoms with E-state index in [-0.39, 0.29) is 11.7 Å². The quantitative estimate of drug-likeness (QED) is 0.847. The molecule has 24 heavy (non-hydrogen) atoms. The highest BCUT2D eigenvalue weighted by Gasteiger charge is 2.25. The van der Waals surface area contributed by atoms with Crippen molar-refractivity contribution in [3.05, 3.63) is 56.9 Å². The van der Waals surface area contributed by atoms with Crippen LogP contribution in [0.2, 0.25) is 0 Å². The first kappa shape index (κ1) is 16.3. The van der Waals surface area contributed by atoms with Crippen LogP contribution < -0.4 is 20.9 Å². The molecule has 0 bridgehead atoms. The summed E-state index contributed by atoms with van der Waals surface area (Å²) in [7, 11) is 1.94. The lowest BCUT2D eigenvalue weighted by atomic mass is 10.2. The Morgan fingerprint density at radius 2 is 2.08 bits per heavy atom. The van der Waals surface area contributed by atoms with Crippen molar-refractivity contribution in [2.24, 2.45) is 0 Å². The smallest absolute Gasteiger partial charge is 0.325 e. The molecule has 128 valence electrons. The van der Waals surface area contributed by atoms with Crippen molar-refractivity contribution < 1.29 is 4.74 Å². The number of ether oxygens (including phenoxy) is 1. The molecule has 7 heteroatoms. The lowest BCUT2D eigenvalue weighted by Crippen LogP contribution is -2.45. The molecule has 2 aromatic rings. The monoisotopic (exact) mass is 330 g/mol. The molecular weight excluding hydrogens is 308 g/mol. The highest BCUT2D eigenvalue weighted by Crippen LogP contribution is 2.32. The number of likely N-dealkylation sites (N-methyl/N-ethyl adjacent to an activating group) is 2. The van der Waals surface area contributed by atoms with E-state index in [0.717, 1.165) is 24.5 Å². The minimum Gasteiger partial charge on any atom is -0.485 e. The van der Waals surface area contributed by atoms with Crippen molar-refractivity contribution in [2.45, 2.75) is 19.6 Å². The second-order valence-corrected chi connectivity index (χ2v) is 6.06. The second kappa shape index (κ2) is 6.92. The standard InChI is InChI=1S/C17H22N4O3/c1-3-21-11-13(24-15-7-5-4-6-14(15)21)10-20(2)9-12-8-16(22)19-17(23)18-12/h4-8,13H,3,9-11H2,1-2H3,(H2,18,19,22,23). The SMILES string of the molecule is CCN1CC(CN(C)Cc2cc(=O)[nH]c(=O)[nH]2)Oc2ccccc21. The van der Waals surface area contributed by atoms with E-state index in [9.17, 15) is 9.59 Å². The minimum atomic E-state index is -0.481. The van der Waals surface area contributed by atoms with Crippen LogP contribution in [0.15, 0.2) is 39.9 Å². The van der Waals surface area contributed by atoms with Crippen molar-refractivity contribution >= 4 is 5.69 Å². The maximum Gasteiger partial charge on any atom is 0.325 e. The summed E-state index contributed by atoms with van der Waals surface area (Å²) < 4.78 is 6.10. The molecule has 1 aliphatic heterocycles. The molecule has 2 N–H and O–H groups in total. The highest BCUT2D eigenvalue weighted by atomic mass is 16.5. The van der Waals surface area contributed by atoms with Gasteiger partial charge in [-0.05, 0) is 26.1 Å². The molecule has 0 spiro atoms. The van der Waals surface area contributed by atoms with Gasteiger partial charge < -0.3 is 14.6 Å². The van der Waals surface area contributed by atoms with E-state index in [1.807, 2.05) is 30.1 Å². The molecule has 0 saturated carbocycles. The third-order valence-electron chi connectivity index (χ3n) is 4.08. The minimum absolute atomic E-state index is 0.0265. The van der Waals surface area contributed by atoms with Crippen LogP contribution in [-0.4, -0.2) is 47.7 Å². The van der Waals surface area contributed by atoms with E-state index < -0.39 is 5.69 Å². The number of anilines is 1. The van der Waals surface area contributed by atoms with Crippen LogP contribution >= 0.6 is 0 Å². The van der Waals surface area contributed by atoms with Crippen LogP contribution in [0, 0.1) is 0 Å². The molecule has 7 nitrogen and oxygen atoms in total. The van der Waals surface area contributed by atoms with Gasteiger partial charge in [0.25, 0.3) is 5.56 Å². The normalized spacial score (nSPS) is 16.8. The van der Waals surface area contributed by atoms with Crippen LogP contribution in [0.5, 0.6) is 5.75 Å². The number of rotatable bonds is 5. The number of benzene rings is 1. The van der Waals surface area contributed by atoms with Crippen LogP contribution in [0.1, 0.15) is 12.6 Å². The number of aromatic nitrogens is 2. The largest absolute Gasteiger partial charge is 0.485 e. The summed E-state index contributed by atoms with van der Waals surface area (Å²) in [5.74, 6) is 0.897. The summed E-state index contributed by atoms with van der Waals surface area (Å²) in [6, 6.07) is 9.45. The molecule has 0 aliphatic carbocycles. The zero-order chi connectivity index (χ0) is 17.1. The van der Waals surface area contributed by atoms with Gasteiger partial charge >= 0.3 is 5.69 Å². The third kappa shape index (κ3) is 3.68. The van der Waals surface area contributed by atoms with Gasteiger partial charge in [-0.2, -0.15) is 0 Å². The number of hydrogen-bond donors (Lipinski definition) is 2. The van der Waals surface area contributed by atoms with Crippen LogP contribution in [0.25, 0.3) is 0 Å². The maximum atomic E-state index is 11.4. The Morgan fingerprint density at radius 1 is 1.29 bits per heavy atom. The van der Waals surface area contributed by atoms with E-state index >= 15 is 0 Å². The lowest BCUT2D eigenvalue weighted by molar-refractivity contribution is 0.139. The average molecular weight is 330 g/mol. The second-order valence-electron chi connectivity index (χ2n) is 6.06. The van der Waals surface area contributed by atoms with Gasteiger partial charge in [-0.15, -0.1) is 0 Å². The van der Waals surface area contributed by atoms with Crippen LogP contribution in [-0.2, 0) is 6.54 Å². The van der Waals surface area contributed by atoms with Gasteiger partial charge in [-0.1, -0.05) is 12.1 Å². The Labute approximate surface area is 139 Å². The summed E-state index contributed by atoms with van der Waals surface area (Å²) >= 11 is 0. The lowest BCUT2D eigenvalue weighted by Gasteiger charge is -2.37. The number of nitrogens with one attached hydrogen (secondary N) is 2. The van der Waals surface area contributed by atoms with Crippen molar-refractivity contribution in [1.82, 2.24) is 14.9 Å². The Balaban J connectivity index is 1.68. The molecule has 0 radical (unpaired) electrons. The highest BCUT2D eigenvalue weighted by molar-refractivity contribution is 5.60. The topological polar surface area (TPSA) is 81.4 Å². The zero-order valence-corrected chi connectivity index (χ0v) is 13.9. The molecule has 0 fully saturated rings. The van der Waals surface area contributed by atoms with E-state index in [2.05, 4.69) is 27.9 Å². The number of hydrogen-bond acceptors (Lipinski definition) is 5. The summed E-state index contributed by atoms with van der Waals surface area (Å²) in [6.45, 7) is 5.03. The summed E-state index contributed by atoms with van der Waals surface area (Å²) in [5, 5.41) is 0. The Bertz CT molecular complexity index is 785. The maximum absolute atomic E-state index is 11.4. The van der Waals surface area contributed by atoms with E-state index in [0.29, 0.717) is 18.8 Å². The van der Waals surface area contributed by atoms with Gasteiger partial charge in [-0.25, -0.2) is 4.79 Å². The molecule has 0 amide bonds. The number of fused-ring (bicyclic) bond motifs is 1. The predicted molar refractivity (Wildman–Crippen MR) is 92.8 cm³/mol. The van der Waals surface area contributed by atoms with Gasteiger partial charge in [-0.3, -0.25) is 14.7 Å². The molecule has 1 aromatic heterocycles. The van der Waals surface area contributed by atoms with Crippen molar-refractivity contribution in [3.63, 3.8) is 0 Å². The average Bonchev–Trinajstić information content (AvgIpc) is 2.52. The number of para-hydroxylation sites is 2. The third-order valence-corrected chi connectivity index (χ3v) is 4.08. The van der Waals surface area contributed by atoms with Gasteiger partial charge in [0.15, 0.2) is 0 Å². The van der Waals surface area contributed by atoms with E-state index in [4.69, 9.17) is 4.74 Å². The Kier molecular flexibility index (Phi) is 4.71. The van der Waals surface area contributed by atoms with Gasteiger partial charge in [0.05, 0.1) is 12.2 Å². The first-order chi connectivity index (χ1) is 11.5. The fraction of sp³-hybridized carbons (Fsp3) is 0.412. The number of H-pyrrole nitrogens is 2. The molecule has 1 atom stereocenters. The molecule has 2 heterocycles. The van der Waals surface area contributed by atoms with Gasteiger partial charge in [0.1, 0.15) is 11.9 Å². The summed E-state index contributed by atoms with van der Waals surface area (Å²) in [4.78, 5) is 31.9.